The van der Waals surface area contributed by atoms with Crippen molar-refractivity contribution in [1.82, 2.24) is 10.2 Å². The fraction of sp³-hybridized carbons (Fsp3) is 0.929. The van der Waals surface area contributed by atoms with E-state index in [4.69, 9.17) is 4.74 Å². The number of carbonyl (C=O) groups is 1. The summed E-state index contributed by atoms with van der Waals surface area (Å²) < 4.78 is 4.85. The van der Waals surface area contributed by atoms with Crippen molar-refractivity contribution >= 4 is 5.97 Å². The zero-order valence-corrected chi connectivity index (χ0v) is 12.3. The fourth-order valence-corrected chi connectivity index (χ4v) is 2.87. The molecule has 0 spiro atoms. The van der Waals surface area contributed by atoms with Crippen LogP contribution in [-0.2, 0) is 9.53 Å². The van der Waals surface area contributed by atoms with E-state index in [0.717, 1.165) is 38.9 Å². The van der Waals surface area contributed by atoms with Crippen LogP contribution in [0, 0.1) is 0 Å². The highest BCUT2D eigenvalue weighted by atomic mass is 16.5. The molecule has 1 heterocycles. The molecule has 0 aromatic rings. The second kappa shape index (κ2) is 7.10. The molecule has 1 saturated heterocycles. The first-order chi connectivity index (χ1) is 8.53. The predicted molar refractivity (Wildman–Crippen MR) is 73.6 cm³/mol. The van der Waals surface area contributed by atoms with Crippen LogP contribution in [0.3, 0.4) is 0 Å². The van der Waals surface area contributed by atoms with Crippen molar-refractivity contribution in [2.45, 2.75) is 58.0 Å². The summed E-state index contributed by atoms with van der Waals surface area (Å²) >= 11 is 0. The van der Waals surface area contributed by atoms with E-state index in [-0.39, 0.29) is 11.5 Å². The number of rotatable bonds is 5. The Morgan fingerprint density at radius 1 is 1.39 bits per heavy atom. The monoisotopic (exact) mass is 256 g/mol. The topological polar surface area (TPSA) is 41.6 Å². The van der Waals surface area contributed by atoms with Gasteiger partial charge in [-0.05, 0) is 46.2 Å². The molecule has 4 heteroatoms. The van der Waals surface area contributed by atoms with Crippen molar-refractivity contribution in [3.05, 3.63) is 0 Å². The molecule has 1 unspecified atom stereocenters. The van der Waals surface area contributed by atoms with E-state index >= 15 is 0 Å². The maximum atomic E-state index is 11.6. The number of nitrogens with one attached hydrogen (secondary N) is 1. The van der Waals surface area contributed by atoms with Gasteiger partial charge in [0.2, 0.25) is 0 Å². The molecule has 1 aliphatic heterocycles. The Labute approximate surface area is 111 Å². The van der Waals surface area contributed by atoms with Gasteiger partial charge in [-0.2, -0.15) is 0 Å². The molecule has 106 valence electrons. The van der Waals surface area contributed by atoms with Gasteiger partial charge in [-0.3, -0.25) is 4.79 Å². The van der Waals surface area contributed by atoms with Crippen molar-refractivity contribution in [3.63, 3.8) is 0 Å². The molecule has 1 rings (SSSR count). The van der Waals surface area contributed by atoms with E-state index in [1.54, 1.807) is 0 Å². The molecule has 1 N–H and O–H groups in total. The van der Waals surface area contributed by atoms with Crippen LogP contribution in [0.25, 0.3) is 0 Å². The van der Waals surface area contributed by atoms with Gasteiger partial charge in [0, 0.05) is 18.1 Å². The van der Waals surface area contributed by atoms with E-state index in [1.165, 1.54) is 7.11 Å². The third kappa shape index (κ3) is 4.25. The average Bonchev–Trinajstić information content (AvgIpc) is 2.52. The summed E-state index contributed by atoms with van der Waals surface area (Å²) in [7, 11) is 1.47. The first-order valence-electron chi connectivity index (χ1n) is 7.09. The number of carbonyl (C=O) groups excluding carboxylic acids is 1. The van der Waals surface area contributed by atoms with Crippen LogP contribution >= 0.6 is 0 Å². The molecule has 1 atom stereocenters. The van der Waals surface area contributed by atoms with Crippen LogP contribution in [0.5, 0.6) is 0 Å². The van der Waals surface area contributed by atoms with E-state index in [2.05, 4.69) is 31.0 Å². The Bertz CT molecular complexity index is 269. The van der Waals surface area contributed by atoms with Crippen LogP contribution in [0.15, 0.2) is 0 Å². The molecular weight excluding hydrogens is 228 g/mol. The van der Waals surface area contributed by atoms with Gasteiger partial charge < -0.3 is 15.0 Å². The van der Waals surface area contributed by atoms with Crippen LogP contribution < -0.4 is 5.32 Å². The van der Waals surface area contributed by atoms with Gasteiger partial charge in [-0.1, -0.05) is 6.92 Å². The molecular formula is C14H28N2O2. The third-order valence-electron chi connectivity index (χ3n) is 3.97. The SMILES string of the molecule is CCNC1(CC(=O)OC)CCCN(C(C)C)CC1. The molecule has 0 aromatic carbocycles. The van der Waals surface area contributed by atoms with Gasteiger partial charge in [-0.15, -0.1) is 0 Å². The molecule has 18 heavy (non-hydrogen) atoms. The van der Waals surface area contributed by atoms with Crippen molar-refractivity contribution < 1.29 is 9.53 Å². The molecule has 1 fully saturated rings. The van der Waals surface area contributed by atoms with Gasteiger partial charge in [0.05, 0.1) is 13.5 Å². The second-order valence-corrected chi connectivity index (χ2v) is 5.55. The molecule has 0 aromatic heterocycles. The highest BCUT2D eigenvalue weighted by Gasteiger charge is 2.34. The predicted octanol–water partition coefficient (Wildman–Crippen LogP) is 1.79. The lowest BCUT2D eigenvalue weighted by atomic mass is 9.87. The smallest absolute Gasteiger partial charge is 0.307 e. The van der Waals surface area contributed by atoms with E-state index < -0.39 is 0 Å². The minimum atomic E-state index is -0.103. The van der Waals surface area contributed by atoms with Crippen molar-refractivity contribution in [3.8, 4) is 0 Å². The molecule has 4 nitrogen and oxygen atoms in total. The van der Waals surface area contributed by atoms with Gasteiger partial charge in [-0.25, -0.2) is 0 Å². The summed E-state index contributed by atoms with van der Waals surface area (Å²) in [6, 6.07) is 0.584. The van der Waals surface area contributed by atoms with Gasteiger partial charge >= 0.3 is 5.97 Å². The average molecular weight is 256 g/mol. The highest BCUT2D eigenvalue weighted by molar-refractivity contribution is 5.70. The van der Waals surface area contributed by atoms with E-state index in [1.807, 2.05) is 0 Å². The molecule has 0 saturated carbocycles. The van der Waals surface area contributed by atoms with Crippen LogP contribution in [0.1, 0.15) is 46.5 Å². The van der Waals surface area contributed by atoms with Gasteiger partial charge in [0.15, 0.2) is 0 Å². The number of likely N-dealkylation sites (tertiary alicyclic amines) is 1. The lowest BCUT2D eigenvalue weighted by molar-refractivity contribution is -0.142. The first kappa shape index (κ1) is 15.4. The zero-order valence-electron chi connectivity index (χ0n) is 12.3. The minimum absolute atomic E-state index is 0.0640. The summed E-state index contributed by atoms with van der Waals surface area (Å²) in [6.45, 7) is 9.66. The zero-order chi connectivity index (χ0) is 13.6. The molecule has 0 amide bonds. The van der Waals surface area contributed by atoms with Crippen LogP contribution in [-0.4, -0.2) is 49.2 Å². The maximum absolute atomic E-state index is 11.6. The number of nitrogens with zero attached hydrogens (tertiary/aromatic N) is 1. The van der Waals surface area contributed by atoms with Crippen LogP contribution in [0.4, 0.5) is 0 Å². The summed E-state index contributed by atoms with van der Waals surface area (Å²) in [5, 5.41) is 3.54. The van der Waals surface area contributed by atoms with Crippen molar-refractivity contribution in [2.75, 3.05) is 26.7 Å². The lowest BCUT2D eigenvalue weighted by Crippen LogP contribution is -2.48. The number of ether oxygens (including phenoxy) is 1. The minimum Gasteiger partial charge on any atom is -0.469 e. The number of methoxy groups -OCH3 is 1. The Balaban J connectivity index is 2.69. The molecule has 0 radical (unpaired) electrons. The Kier molecular flexibility index (Phi) is 6.09. The second-order valence-electron chi connectivity index (χ2n) is 5.55. The number of hydrogen-bond donors (Lipinski definition) is 1. The van der Waals surface area contributed by atoms with Crippen LogP contribution in [0.2, 0.25) is 0 Å². The Morgan fingerprint density at radius 2 is 2.11 bits per heavy atom. The van der Waals surface area contributed by atoms with Crippen molar-refractivity contribution in [2.24, 2.45) is 0 Å². The van der Waals surface area contributed by atoms with Gasteiger partial charge in [0.1, 0.15) is 0 Å². The molecule has 0 bridgehead atoms. The lowest BCUT2D eigenvalue weighted by Gasteiger charge is -2.33. The maximum Gasteiger partial charge on any atom is 0.307 e. The van der Waals surface area contributed by atoms with Crippen molar-refractivity contribution in [1.29, 1.82) is 0 Å². The first-order valence-corrected chi connectivity index (χ1v) is 7.09. The highest BCUT2D eigenvalue weighted by Crippen LogP contribution is 2.27. The van der Waals surface area contributed by atoms with E-state index in [0.29, 0.717) is 12.5 Å². The van der Waals surface area contributed by atoms with E-state index in [9.17, 15) is 4.79 Å². The fourth-order valence-electron chi connectivity index (χ4n) is 2.87. The summed E-state index contributed by atoms with van der Waals surface area (Å²) in [5.41, 5.74) is -0.0640. The summed E-state index contributed by atoms with van der Waals surface area (Å²) in [5.74, 6) is -0.103. The molecule has 0 aliphatic carbocycles. The number of esters is 1. The standard InChI is InChI=1S/C14H28N2O2/c1-5-15-14(11-13(17)18-4)7-6-9-16(10-8-14)12(2)3/h12,15H,5-11H2,1-4H3. The summed E-state index contributed by atoms with van der Waals surface area (Å²) in [6.07, 6.45) is 3.71. The largest absolute Gasteiger partial charge is 0.469 e. The number of hydrogen-bond acceptors (Lipinski definition) is 4. The Morgan fingerprint density at radius 3 is 2.67 bits per heavy atom. The van der Waals surface area contributed by atoms with Gasteiger partial charge in [0.25, 0.3) is 0 Å². The summed E-state index contributed by atoms with van der Waals surface area (Å²) in [4.78, 5) is 14.1. The third-order valence-corrected chi connectivity index (χ3v) is 3.97. The quantitative estimate of drug-likeness (QED) is 0.762. The molecule has 1 aliphatic rings. The Hall–Kier alpha value is -0.610. The normalized spacial score (nSPS) is 26.1.